The number of piperidine rings is 1. The molecule has 0 spiro atoms. The Hall–Kier alpha value is -1.22. The summed E-state index contributed by atoms with van der Waals surface area (Å²) in [7, 11) is 0. The van der Waals surface area contributed by atoms with E-state index in [2.05, 4.69) is 4.90 Å². The first-order chi connectivity index (χ1) is 8.58. The van der Waals surface area contributed by atoms with Gasteiger partial charge >= 0.3 is 0 Å². The lowest BCUT2D eigenvalue weighted by molar-refractivity contribution is -0.123. The fourth-order valence-corrected chi connectivity index (χ4v) is 2.70. The second kappa shape index (κ2) is 5.61. The van der Waals surface area contributed by atoms with E-state index in [9.17, 15) is 9.18 Å². The van der Waals surface area contributed by atoms with Gasteiger partial charge in [-0.1, -0.05) is 12.5 Å². The Morgan fingerprint density at radius 2 is 2.22 bits per heavy atom. The van der Waals surface area contributed by atoms with Gasteiger partial charge in [0.15, 0.2) is 0 Å². The van der Waals surface area contributed by atoms with Crippen LogP contribution in [0.4, 0.5) is 4.39 Å². The SMILES string of the molecule is CC(=O)C1CCCCN1Cc1ccc(F)cc1C. The van der Waals surface area contributed by atoms with Crippen molar-refractivity contribution in [2.24, 2.45) is 0 Å². The van der Waals surface area contributed by atoms with Gasteiger partial charge in [0.05, 0.1) is 6.04 Å². The molecule has 1 aliphatic heterocycles. The van der Waals surface area contributed by atoms with Gasteiger partial charge in [0, 0.05) is 6.54 Å². The van der Waals surface area contributed by atoms with Crippen LogP contribution < -0.4 is 0 Å². The third-order valence-corrected chi connectivity index (χ3v) is 3.76. The number of rotatable bonds is 3. The summed E-state index contributed by atoms with van der Waals surface area (Å²) in [5.74, 6) is 0.0486. The minimum Gasteiger partial charge on any atom is -0.298 e. The molecule has 1 unspecified atom stereocenters. The minimum atomic E-state index is -0.196. The van der Waals surface area contributed by atoms with Gasteiger partial charge in [-0.2, -0.15) is 0 Å². The lowest BCUT2D eigenvalue weighted by Gasteiger charge is -2.34. The Balaban J connectivity index is 2.13. The predicted molar refractivity (Wildman–Crippen MR) is 69.9 cm³/mol. The largest absolute Gasteiger partial charge is 0.298 e. The molecule has 0 N–H and O–H groups in total. The summed E-state index contributed by atoms with van der Waals surface area (Å²) in [5, 5.41) is 0. The van der Waals surface area contributed by atoms with E-state index in [4.69, 9.17) is 0 Å². The third kappa shape index (κ3) is 2.96. The smallest absolute Gasteiger partial charge is 0.146 e. The zero-order chi connectivity index (χ0) is 13.1. The maximum Gasteiger partial charge on any atom is 0.146 e. The number of hydrogen-bond donors (Lipinski definition) is 0. The van der Waals surface area contributed by atoms with Crippen LogP contribution in [0, 0.1) is 12.7 Å². The van der Waals surface area contributed by atoms with Crippen LogP contribution in [-0.2, 0) is 11.3 Å². The molecule has 18 heavy (non-hydrogen) atoms. The van der Waals surface area contributed by atoms with E-state index in [-0.39, 0.29) is 17.6 Å². The summed E-state index contributed by atoms with van der Waals surface area (Å²) in [6.45, 7) is 5.29. The Kier molecular flexibility index (Phi) is 4.12. The van der Waals surface area contributed by atoms with E-state index in [0.29, 0.717) is 0 Å². The maximum atomic E-state index is 13.1. The summed E-state index contributed by atoms with van der Waals surface area (Å²) >= 11 is 0. The van der Waals surface area contributed by atoms with E-state index in [0.717, 1.165) is 43.5 Å². The second-order valence-electron chi connectivity index (χ2n) is 5.16. The van der Waals surface area contributed by atoms with Crippen LogP contribution in [0.1, 0.15) is 37.3 Å². The van der Waals surface area contributed by atoms with Gasteiger partial charge in [-0.15, -0.1) is 0 Å². The molecule has 1 aliphatic rings. The molecule has 2 nitrogen and oxygen atoms in total. The van der Waals surface area contributed by atoms with Crippen molar-refractivity contribution in [3.63, 3.8) is 0 Å². The standard InChI is InChI=1S/C15H20FNO/c1-11-9-14(16)7-6-13(11)10-17-8-4-3-5-15(17)12(2)18/h6-7,9,15H,3-5,8,10H2,1-2H3. The van der Waals surface area contributed by atoms with E-state index in [1.165, 1.54) is 6.07 Å². The average Bonchev–Trinajstić information content (AvgIpc) is 2.33. The van der Waals surface area contributed by atoms with Crippen molar-refractivity contribution < 1.29 is 9.18 Å². The van der Waals surface area contributed by atoms with Gasteiger partial charge in [0.2, 0.25) is 0 Å². The minimum absolute atomic E-state index is 0.0446. The van der Waals surface area contributed by atoms with E-state index < -0.39 is 0 Å². The molecule has 0 aromatic heterocycles. The van der Waals surface area contributed by atoms with Crippen LogP contribution >= 0.6 is 0 Å². The molecule has 1 atom stereocenters. The number of benzene rings is 1. The first-order valence-corrected chi connectivity index (χ1v) is 6.57. The quantitative estimate of drug-likeness (QED) is 0.820. The molecule has 1 aromatic carbocycles. The molecule has 1 saturated heterocycles. The highest BCUT2D eigenvalue weighted by Crippen LogP contribution is 2.21. The molecule has 0 amide bonds. The van der Waals surface area contributed by atoms with Crippen molar-refractivity contribution >= 4 is 5.78 Å². The van der Waals surface area contributed by atoms with Crippen molar-refractivity contribution in [3.05, 3.63) is 35.1 Å². The first kappa shape index (κ1) is 13.2. The van der Waals surface area contributed by atoms with Gasteiger partial charge in [-0.3, -0.25) is 9.69 Å². The first-order valence-electron chi connectivity index (χ1n) is 6.57. The summed E-state index contributed by atoms with van der Waals surface area (Å²) in [4.78, 5) is 13.9. The molecule has 0 aliphatic carbocycles. The van der Waals surface area contributed by atoms with E-state index >= 15 is 0 Å². The Labute approximate surface area is 108 Å². The van der Waals surface area contributed by atoms with Crippen LogP contribution in [0.25, 0.3) is 0 Å². The summed E-state index contributed by atoms with van der Waals surface area (Å²) in [6, 6.07) is 4.93. The number of hydrogen-bond acceptors (Lipinski definition) is 2. The lowest BCUT2D eigenvalue weighted by atomic mass is 9.97. The van der Waals surface area contributed by atoms with Crippen molar-refractivity contribution in [3.8, 4) is 0 Å². The number of ketones is 1. The Bertz CT molecular complexity index is 444. The number of carbonyl (C=O) groups excluding carboxylic acids is 1. The molecule has 2 rings (SSSR count). The van der Waals surface area contributed by atoms with Gasteiger partial charge < -0.3 is 0 Å². The molecule has 1 fully saturated rings. The van der Waals surface area contributed by atoms with Crippen molar-refractivity contribution in [2.45, 2.75) is 45.7 Å². The lowest BCUT2D eigenvalue weighted by Crippen LogP contribution is -2.43. The molecule has 1 heterocycles. The number of halogens is 1. The van der Waals surface area contributed by atoms with Gasteiger partial charge in [0.1, 0.15) is 11.6 Å². The molecule has 98 valence electrons. The van der Waals surface area contributed by atoms with Crippen LogP contribution in [0.2, 0.25) is 0 Å². The van der Waals surface area contributed by atoms with Crippen LogP contribution in [0.3, 0.4) is 0 Å². The number of likely N-dealkylation sites (tertiary alicyclic amines) is 1. The maximum absolute atomic E-state index is 13.1. The van der Waals surface area contributed by atoms with Crippen LogP contribution in [0.5, 0.6) is 0 Å². The fourth-order valence-electron chi connectivity index (χ4n) is 2.70. The summed E-state index contributed by atoms with van der Waals surface area (Å²) < 4.78 is 13.1. The average molecular weight is 249 g/mol. The monoisotopic (exact) mass is 249 g/mol. The van der Waals surface area contributed by atoms with Crippen molar-refractivity contribution in [1.29, 1.82) is 0 Å². The number of Topliss-reactive ketones (excluding diaryl/α,β-unsaturated/α-hetero) is 1. The number of nitrogens with zero attached hydrogens (tertiary/aromatic N) is 1. The van der Waals surface area contributed by atoms with E-state index in [1.807, 2.05) is 13.0 Å². The molecule has 0 saturated carbocycles. The van der Waals surface area contributed by atoms with Crippen molar-refractivity contribution in [1.82, 2.24) is 4.90 Å². The molecule has 0 bridgehead atoms. The normalized spacial score (nSPS) is 20.9. The molecule has 3 heteroatoms. The molecular formula is C15H20FNO. The highest BCUT2D eigenvalue weighted by Gasteiger charge is 2.26. The zero-order valence-electron chi connectivity index (χ0n) is 11.1. The Morgan fingerprint density at radius 1 is 1.44 bits per heavy atom. The zero-order valence-corrected chi connectivity index (χ0v) is 11.1. The molecule has 0 radical (unpaired) electrons. The third-order valence-electron chi connectivity index (χ3n) is 3.76. The van der Waals surface area contributed by atoms with Gasteiger partial charge in [-0.05, 0) is 56.5 Å². The predicted octanol–water partition coefficient (Wildman–Crippen LogP) is 3.08. The van der Waals surface area contributed by atoms with Crippen LogP contribution in [0.15, 0.2) is 18.2 Å². The van der Waals surface area contributed by atoms with Crippen LogP contribution in [-0.4, -0.2) is 23.3 Å². The molecule has 1 aromatic rings. The topological polar surface area (TPSA) is 20.3 Å². The summed E-state index contributed by atoms with van der Waals surface area (Å²) in [5.41, 5.74) is 2.08. The molecular weight excluding hydrogens is 229 g/mol. The Morgan fingerprint density at radius 3 is 2.89 bits per heavy atom. The van der Waals surface area contributed by atoms with Gasteiger partial charge in [0.25, 0.3) is 0 Å². The summed E-state index contributed by atoms with van der Waals surface area (Å²) in [6.07, 6.45) is 3.22. The fraction of sp³-hybridized carbons (Fsp3) is 0.533. The highest BCUT2D eigenvalue weighted by molar-refractivity contribution is 5.81. The second-order valence-corrected chi connectivity index (χ2v) is 5.16. The van der Waals surface area contributed by atoms with Crippen molar-refractivity contribution in [2.75, 3.05) is 6.54 Å². The number of carbonyl (C=O) groups is 1. The van der Waals surface area contributed by atoms with E-state index in [1.54, 1.807) is 13.0 Å². The van der Waals surface area contributed by atoms with Gasteiger partial charge in [-0.25, -0.2) is 4.39 Å². The number of aryl methyl sites for hydroxylation is 1. The highest BCUT2D eigenvalue weighted by atomic mass is 19.1.